The molecule has 3 fully saturated rings. The Morgan fingerprint density at radius 2 is 1.93 bits per heavy atom. The monoisotopic (exact) mass is 208 g/mol. The van der Waals surface area contributed by atoms with Gasteiger partial charge in [-0.25, -0.2) is 0 Å². The molecule has 0 aromatic carbocycles. The Morgan fingerprint density at radius 1 is 1.13 bits per heavy atom. The Labute approximate surface area is 93.2 Å². The Bertz CT molecular complexity index is 235. The third kappa shape index (κ3) is 1.72. The third-order valence-corrected chi connectivity index (χ3v) is 5.05. The minimum atomic E-state index is 0.506. The fourth-order valence-corrected chi connectivity index (χ4v) is 4.01. The van der Waals surface area contributed by atoms with Gasteiger partial charge in [-0.05, 0) is 43.4 Å². The Kier molecular flexibility index (Phi) is 2.52. The Hall–Kier alpha value is -0.0800. The fraction of sp³-hybridized carbons (Fsp3) is 1.00. The lowest BCUT2D eigenvalue weighted by Gasteiger charge is -2.40. The standard InChI is InChI=1S/C13H24N2/c1-9-5-11(6-9)15-7-10-3-2-4-13(14)12(10)8-15/h9-13H,2-8,14H2,1H3. The maximum Gasteiger partial charge on any atom is 0.0101 e. The number of hydrogen-bond donors (Lipinski definition) is 1. The average Bonchev–Trinajstić information content (AvgIpc) is 2.58. The summed E-state index contributed by atoms with van der Waals surface area (Å²) in [4.78, 5) is 2.75. The van der Waals surface area contributed by atoms with Crippen LogP contribution in [0.25, 0.3) is 0 Å². The van der Waals surface area contributed by atoms with Crippen LogP contribution in [-0.4, -0.2) is 30.1 Å². The predicted molar refractivity (Wildman–Crippen MR) is 62.6 cm³/mol. The molecule has 2 N–H and O–H groups in total. The van der Waals surface area contributed by atoms with Crippen molar-refractivity contribution in [2.45, 2.75) is 51.1 Å². The first kappa shape index (κ1) is 10.1. The van der Waals surface area contributed by atoms with Gasteiger partial charge >= 0.3 is 0 Å². The molecule has 0 radical (unpaired) electrons. The molecule has 2 aliphatic carbocycles. The quantitative estimate of drug-likeness (QED) is 0.712. The smallest absolute Gasteiger partial charge is 0.0101 e. The topological polar surface area (TPSA) is 29.3 Å². The van der Waals surface area contributed by atoms with Crippen LogP contribution in [-0.2, 0) is 0 Å². The zero-order chi connectivity index (χ0) is 10.4. The van der Waals surface area contributed by atoms with Crippen LogP contribution in [0.2, 0.25) is 0 Å². The molecule has 0 aromatic rings. The SMILES string of the molecule is CC1CC(N2CC3CCCC(N)C3C2)C1. The van der Waals surface area contributed by atoms with E-state index in [2.05, 4.69) is 11.8 Å². The Morgan fingerprint density at radius 3 is 2.60 bits per heavy atom. The molecular formula is C13H24N2. The molecule has 3 rings (SSSR count). The Balaban J connectivity index is 1.61. The maximum absolute atomic E-state index is 6.24. The van der Waals surface area contributed by atoms with Gasteiger partial charge in [-0.15, -0.1) is 0 Å². The molecule has 3 atom stereocenters. The summed E-state index contributed by atoms with van der Waals surface area (Å²) < 4.78 is 0. The van der Waals surface area contributed by atoms with E-state index < -0.39 is 0 Å². The number of fused-ring (bicyclic) bond motifs is 1. The van der Waals surface area contributed by atoms with Gasteiger partial charge in [-0.3, -0.25) is 4.90 Å². The van der Waals surface area contributed by atoms with Crippen LogP contribution >= 0.6 is 0 Å². The van der Waals surface area contributed by atoms with Crippen LogP contribution in [0.1, 0.15) is 39.0 Å². The highest BCUT2D eigenvalue weighted by atomic mass is 15.2. The highest BCUT2D eigenvalue weighted by Crippen LogP contribution is 2.40. The van der Waals surface area contributed by atoms with Gasteiger partial charge in [0.05, 0.1) is 0 Å². The molecule has 1 heterocycles. The minimum absolute atomic E-state index is 0.506. The van der Waals surface area contributed by atoms with Crippen molar-refractivity contribution in [1.82, 2.24) is 4.90 Å². The summed E-state index contributed by atoms with van der Waals surface area (Å²) in [6.45, 7) is 5.05. The molecule has 0 spiro atoms. The summed E-state index contributed by atoms with van der Waals surface area (Å²) in [6.07, 6.45) is 6.97. The molecule has 15 heavy (non-hydrogen) atoms. The van der Waals surface area contributed by atoms with Crippen molar-refractivity contribution in [3.63, 3.8) is 0 Å². The van der Waals surface area contributed by atoms with Gasteiger partial charge in [0.2, 0.25) is 0 Å². The summed E-state index contributed by atoms with van der Waals surface area (Å²) >= 11 is 0. The minimum Gasteiger partial charge on any atom is -0.327 e. The zero-order valence-corrected chi connectivity index (χ0v) is 9.86. The fourth-order valence-electron chi connectivity index (χ4n) is 4.01. The van der Waals surface area contributed by atoms with Crippen LogP contribution in [0, 0.1) is 17.8 Å². The molecule has 3 aliphatic rings. The van der Waals surface area contributed by atoms with Crippen LogP contribution in [0.15, 0.2) is 0 Å². The van der Waals surface area contributed by atoms with Gasteiger partial charge in [-0.2, -0.15) is 0 Å². The van der Waals surface area contributed by atoms with E-state index in [-0.39, 0.29) is 0 Å². The van der Waals surface area contributed by atoms with Gasteiger partial charge < -0.3 is 5.73 Å². The second kappa shape index (κ2) is 3.74. The lowest BCUT2D eigenvalue weighted by molar-refractivity contribution is 0.103. The van der Waals surface area contributed by atoms with E-state index in [1.165, 1.54) is 45.2 Å². The second-order valence-corrected chi connectivity index (χ2v) is 6.20. The first-order valence-electron chi connectivity index (χ1n) is 6.73. The van der Waals surface area contributed by atoms with Gasteiger partial charge in [-0.1, -0.05) is 13.3 Å². The maximum atomic E-state index is 6.24. The van der Waals surface area contributed by atoms with Gasteiger partial charge in [0.15, 0.2) is 0 Å². The largest absolute Gasteiger partial charge is 0.327 e. The highest BCUT2D eigenvalue weighted by molar-refractivity contribution is 4.97. The van der Waals surface area contributed by atoms with E-state index in [0.29, 0.717) is 6.04 Å². The lowest BCUT2D eigenvalue weighted by atomic mass is 9.78. The molecule has 2 heteroatoms. The summed E-state index contributed by atoms with van der Waals surface area (Å²) in [5.74, 6) is 2.74. The zero-order valence-electron chi connectivity index (χ0n) is 9.86. The summed E-state index contributed by atoms with van der Waals surface area (Å²) in [6, 6.07) is 1.42. The van der Waals surface area contributed by atoms with Crippen LogP contribution in [0.4, 0.5) is 0 Å². The van der Waals surface area contributed by atoms with Gasteiger partial charge in [0.25, 0.3) is 0 Å². The average molecular weight is 208 g/mol. The molecule has 3 unspecified atom stereocenters. The number of likely N-dealkylation sites (tertiary alicyclic amines) is 1. The van der Waals surface area contributed by atoms with Crippen molar-refractivity contribution < 1.29 is 0 Å². The highest BCUT2D eigenvalue weighted by Gasteiger charge is 2.43. The predicted octanol–water partition coefficient (Wildman–Crippen LogP) is 1.84. The lowest BCUT2D eigenvalue weighted by Crippen LogP contribution is -2.43. The van der Waals surface area contributed by atoms with Crippen LogP contribution < -0.4 is 5.73 Å². The van der Waals surface area contributed by atoms with Crippen molar-refractivity contribution in [2.75, 3.05) is 13.1 Å². The molecule has 2 nitrogen and oxygen atoms in total. The third-order valence-electron chi connectivity index (χ3n) is 5.05. The molecule has 0 amide bonds. The summed E-state index contributed by atoms with van der Waals surface area (Å²) in [7, 11) is 0. The van der Waals surface area contributed by atoms with Gasteiger partial charge in [0, 0.05) is 25.2 Å². The van der Waals surface area contributed by atoms with E-state index in [4.69, 9.17) is 5.73 Å². The van der Waals surface area contributed by atoms with Crippen molar-refractivity contribution in [2.24, 2.45) is 23.5 Å². The summed E-state index contributed by atoms with van der Waals surface area (Å²) in [5, 5.41) is 0. The molecule has 2 saturated carbocycles. The second-order valence-electron chi connectivity index (χ2n) is 6.20. The van der Waals surface area contributed by atoms with Crippen LogP contribution in [0.3, 0.4) is 0 Å². The van der Waals surface area contributed by atoms with Crippen molar-refractivity contribution in [3.05, 3.63) is 0 Å². The van der Waals surface area contributed by atoms with Gasteiger partial charge in [0.1, 0.15) is 0 Å². The first-order valence-corrected chi connectivity index (χ1v) is 6.73. The van der Waals surface area contributed by atoms with Crippen molar-refractivity contribution in [1.29, 1.82) is 0 Å². The molecule has 1 saturated heterocycles. The number of hydrogen-bond acceptors (Lipinski definition) is 2. The molecule has 86 valence electrons. The van der Waals surface area contributed by atoms with E-state index >= 15 is 0 Å². The number of nitrogens with two attached hydrogens (primary N) is 1. The number of rotatable bonds is 1. The van der Waals surface area contributed by atoms with Crippen LogP contribution in [0.5, 0.6) is 0 Å². The molecule has 0 aromatic heterocycles. The van der Waals surface area contributed by atoms with Crippen molar-refractivity contribution in [3.8, 4) is 0 Å². The van der Waals surface area contributed by atoms with Crippen molar-refractivity contribution >= 4 is 0 Å². The summed E-state index contributed by atoms with van der Waals surface area (Å²) in [5.41, 5.74) is 6.24. The van der Waals surface area contributed by atoms with E-state index in [1.54, 1.807) is 0 Å². The normalized spacial score (nSPS) is 51.2. The molecule has 0 bridgehead atoms. The molecule has 1 aliphatic heterocycles. The van der Waals surface area contributed by atoms with E-state index in [9.17, 15) is 0 Å². The molecular weight excluding hydrogens is 184 g/mol. The first-order chi connectivity index (χ1) is 7.24. The number of nitrogens with zero attached hydrogens (tertiary/aromatic N) is 1. The van der Waals surface area contributed by atoms with E-state index in [0.717, 1.165) is 23.8 Å². The van der Waals surface area contributed by atoms with E-state index in [1.807, 2.05) is 0 Å².